The van der Waals surface area contributed by atoms with Gasteiger partial charge in [0, 0.05) is 0 Å². The van der Waals surface area contributed by atoms with Crippen molar-refractivity contribution in [1.29, 1.82) is 0 Å². The maximum Gasteiger partial charge on any atom is 0.253 e. The first-order valence-electron chi connectivity index (χ1n) is 7.06. The van der Waals surface area contributed by atoms with Crippen molar-refractivity contribution < 1.29 is 18.0 Å². The summed E-state index contributed by atoms with van der Waals surface area (Å²) < 4.78 is 27.3. The summed E-state index contributed by atoms with van der Waals surface area (Å²) in [7, 11) is -3.95. The molecule has 1 rings (SSSR count). The number of carbonyl (C=O) groups excluding carboxylic acids is 2. The predicted molar refractivity (Wildman–Crippen MR) is 93.7 cm³/mol. The van der Waals surface area contributed by atoms with E-state index in [0.717, 1.165) is 5.56 Å². The van der Waals surface area contributed by atoms with E-state index in [1.807, 2.05) is 6.92 Å². The first-order chi connectivity index (χ1) is 10.9. The number of benzene rings is 1. The van der Waals surface area contributed by atoms with E-state index in [9.17, 15) is 18.0 Å². The molecule has 134 valence electrons. The van der Waals surface area contributed by atoms with Gasteiger partial charge in [0.1, 0.15) is 11.8 Å². The zero-order valence-corrected chi connectivity index (χ0v) is 16.1. The van der Waals surface area contributed by atoms with Crippen LogP contribution in [0.3, 0.4) is 0 Å². The van der Waals surface area contributed by atoms with Gasteiger partial charge in [0.15, 0.2) is 4.84 Å². The van der Waals surface area contributed by atoms with Crippen LogP contribution in [0.1, 0.15) is 26.3 Å². The molecule has 1 atom stereocenters. The van der Waals surface area contributed by atoms with Crippen LogP contribution < -0.4 is 10.0 Å². The number of sulfonamides is 1. The average Bonchev–Trinajstić information content (AvgIpc) is 2.44. The van der Waals surface area contributed by atoms with E-state index in [4.69, 9.17) is 23.2 Å². The number of carbonyl (C=O) groups is 2. The molecule has 0 spiro atoms. The lowest BCUT2D eigenvalue weighted by molar-refractivity contribution is -0.123. The topological polar surface area (TPSA) is 92.3 Å². The number of rotatable bonds is 7. The van der Waals surface area contributed by atoms with Crippen molar-refractivity contribution in [3.63, 3.8) is 0 Å². The molecule has 1 aromatic carbocycles. The van der Waals surface area contributed by atoms with Gasteiger partial charge in [0.2, 0.25) is 10.0 Å². The maximum absolute atomic E-state index is 12.5. The summed E-state index contributed by atoms with van der Waals surface area (Å²) in [5.41, 5.74) is -0.331. The fraction of sp³-hybridized carbons (Fsp3) is 0.467. The van der Waals surface area contributed by atoms with Crippen LogP contribution in [0, 0.1) is 6.92 Å². The van der Waals surface area contributed by atoms with Crippen molar-refractivity contribution in [2.45, 2.75) is 49.0 Å². The first kappa shape index (κ1) is 20.9. The molecule has 0 radical (unpaired) electrons. The number of aryl methyl sites for hydroxylation is 1. The van der Waals surface area contributed by atoms with Crippen molar-refractivity contribution in [1.82, 2.24) is 10.0 Å². The number of hydrogen-bond acceptors (Lipinski definition) is 4. The van der Waals surface area contributed by atoms with Gasteiger partial charge in [-0.2, -0.15) is 4.72 Å². The number of amides is 1. The number of hydrogen-bond donors (Lipinski definition) is 2. The summed E-state index contributed by atoms with van der Waals surface area (Å²) >= 11 is 11.0. The molecular formula is C15H20Cl2N2O4S. The second kappa shape index (κ2) is 7.82. The third-order valence-corrected chi connectivity index (χ3v) is 5.21. The Kier molecular flexibility index (Phi) is 6.81. The van der Waals surface area contributed by atoms with Crippen molar-refractivity contribution in [2.24, 2.45) is 0 Å². The highest BCUT2D eigenvalue weighted by Gasteiger charge is 2.38. The maximum atomic E-state index is 12.5. The molecule has 0 heterocycles. The fourth-order valence-corrected chi connectivity index (χ4v) is 3.63. The third kappa shape index (κ3) is 5.44. The largest absolute Gasteiger partial charge is 0.347 e. The minimum atomic E-state index is -3.95. The Labute approximate surface area is 152 Å². The Balaban J connectivity index is 3.10. The Morgan fingerprint density at radius 1 is 1.12 bits per heavy atom. The predicted octanol–water partition coefficient (Wildman–Crippen LogP) is 1.93. The highest BCUT2D eigenvalue weighted by Crippen LogP contribution is 2.17. The number of Topliss-reactive ketones (excluding diaryl/α,β-unsaturated/α-hetero) is 1. The normalized spacial score (nSPS) is 13.6. The highest BCUT2D eigenvalue weighted by molar-refractivity contribution is 7.89. The summed E-state index contributed by atoms with van der Waals surface area (Å²) in [6, 6.07) is 4.98. The number of halogens is 2. The fourth-order valence-electron chi connectivity index (χ4n) is 2.12. The van der Waals surface area contributed by atoms with Crippen LogP contribution in [-0.2, 0) is 19.6 Å². The molecule has 9 heteroatoms. The molecule has 0 aliphatic rings. The lowest BCUT2D eigenvalue weighted by Crippen LogP contribution is -2.62. The quantitative estimate of drug-likeness (QED) is 0.690. The summed E-state index contributed by atoms with van der Waals surface area (Å²) in [6.07, 6.45) is 0. The molecular weight excluding hydrogens is 375 g/mol. The van der Waals surface area contributed by atoms with Crippen LogP contribution in [0.15, 0.2) is 29.2 Å². The van der Waals surface area contributed by atoms with Gasteiger partial charge in [0.25, 0.3) is 5.91 Å². The van der Waals surface area contributed by atoms with Crippen molar-refractivity contribution in [3.05, 3.63) is 29.8 Å². The van der Waals surface area contributed by atoms with E-state index >= 15 is 0 Å². The van der Waals surface area contributed by atoms with Crippen LogP contribution >= 0.6 is 23.2 Å². The van der Waals surface area contributed by atoms with Gasteiger partial charge < -0.3 is 5.32 Å². The highest BCUT2D eigenvalue weighted by atomic mass is 35.5. The van der Waals surface area contributed by atoms with Gasteiger partial charge in [-0.25, -0.2) is 8.42 Å². The van der Waals surface area contributed by atoms with Crippen molar-refractivity contribution in [2.75, 3.05) is 0 Å². The lowest BCUT2D eigenvalue weighted by atomic mass is 9.92. The smallest absolute Gasteiger partial charge is 0.253 e. The summed E-state index contributed by atoms with van der Waals surface area (Å²) in [6.45, 7) is 6.07. The van der Waals surface area contributed by atoms with E-state index in [1.54, 1.807) is 12.1 Å². The van der Waals surface area contributed by atoms with Crippen LogP contribution in [0.2, 0.25) is 0 Å². The van der Waals surface area contributed by atoms with Gasteiger partial charge in [-0.3, -0.25) is 9.59 Å². The Morgan fingerprint density at radius 3 is 2.04 bits per heavy atom. The van der Waals surface area contributed by atoms with Gasteiger partial charge in [-0.15, -0.1) is 0 Å². The standard InChI is InChI=1S/C15H20Cl2N2O4S/c1-9-5-7-11(8-6-9)24(22,23)19-12(10(2)20)15(3,4)18-14(21)13(16)17/h5-8,12-13,19H,1-4H3,(H,18,21). The molecule has 0 saturated heterocycles. The Bertz CT molecular complexity index is 715. The van der Waals surface area contributed by atoms with Crippen molar-refractivity contribution in [3.8, 4) is 0 Å². The second-order valence-electron chi connectivity index (χ2n) is 5.99. The monoisotopic (exact) mass is 394 g/mol. The lowest BCUT2D eigenvalue weighted by Gasteiger charge is -2.34. The molecule has 2 N–H and O–H groups in total. The minimum Gasteiger partial charge on any atom is -0.347 e. The van der Waals surface area contributed by atoms with E-state index in [-0.39, 0.29) is 4.90 Å². The Morgan fingerprint density at radius 2 is 1.62 bits per heavy atom. The number of ketones is 1. The number of alkyl halides is 2. The van der Waals surface area contributed by atoms with Crippen LogP contribution in [0.5, 0.6) is 0 Å². The molecule has 0 fully saturated rings. The summed E-state index contributed by atoms with van der Waals surface area (Å²) in [5, 5.41) is 2.47. The zero-order chi connectivity index (χ0) is 18.7. The van der Waals surface area contributed by atoms with Crippen LogP contribution in [0.4, 0.5) is 0 Å². The molecule has 1 amide bonds. The number of nitrogens with one attached hydrogen (secondary N) is 2. The first-order valence-corrected chi connectivity index (χ1v) is 9.42. The minimum absolute atomic E-state index is 0.0223. The molecule has 0 bridgehead atoms. The molecule has 0 saturated carbocycles. The van der Waals surface area contributed by atoms with Gasteiger partial charge >= 0.3 is 0 Å². The van der Waals surface area contributed by atoms with E-state index in [0.29, 0.717) is 0 Å². The molecule has 0 aliphatic carbocycles. The average molecular weight is 395 g/mol. The Hall–Kier alpha value is -1.15. The molecule has 0 aromatic heterocycles. The second-order valence-corrected chi connectivity index (χ2v) is 8.80. The summed E-state index contributed by atoms with van der Waals surface area (Å²) in [5.74, 6) is -1.18. The van der Waals surface area contributed by atoms with E-state index in [1.165, 1.54) is 32.9 Å². The van der Waals surface area contributed by atoms with Crippen molar-refractivity contribution >= 4 is 44.9 Å². The van der Waals surface area contributed by atoms with Gasteiger partial charge in [-0.05, 0) is 39.8 Å². The van der Waals surface area contributed by atoms with E-state index < -0.39 is 38.1 Å². The van der Waals surface area contributed by atoms with E-state index in [2.05, 4.69) is 10.0 Å². The third-order valence-electron chi connectivity index (χ3n) is 3.38. The summed E-state index contributed by atoms with van der Waals surface area (Å²) in [4.78, 5) is 22.4. The SMILES string of the molecule is CC(=O)C(NS(=O)(=O)c1ccc(C)cc1)C(C)(C)NC(=O)C(Cl)Cl. The molecule has 0 aliphatic heterocycles. The molecule has 6 nitrogen and oxygen atoms in total. The molecule has 24 heavy (non-hydrogen) atoms. The van der Waals surface area contributed by atoms with Crippen LogP contribution in [-0.4, -0.2) is 36.5 Å². The van der Waals surface area contributed by atoms with Gasteiger partial charge in [-0.1, -0.05) is 40.9 Å². The van der Waals surface area contributed by atoms with Gasteiger partial charge in [0.05, 0.1) is 10.4 Å². The molecule has 1 aromatic rings. The zero-order valence-electron chi connectivity index (χ0n) is 13.8. The molecule has 1 unspecified atom stereocenters. The van der Waals surface area contributed by atoms with Crippen LogP contribution in [0.25, 0.3) is 0 Å².